The molecule has 6 heteroatoms. The number of aryl methyl sites for hydroxylation is 1. The van der Waals surface area contributed by atoms with Crippen LogP contribution < -0.4 is 14.8 Å². The van der Waals surface area contributed by atoms with E-state index in [-0.39, 0.29) is 12.4 Å². The third-order valence-corrected chi connectivity index (χ3v) is 5.06. The van der Waals surface area contributed by atoms with Crippen molar-refractivity contribution in [2.24, 2.45) is 0 Å². The number of hydrogen-bond donors (Lipinski definition) is 1. The number of rotatable bonds is 5. The summed E-state index contributed by atoms with van der Waals surface area (Å²) in [7, 11) is 0. The van der Waals surface area contributed by atoms with Crippen molar-refractivity contribution in [1.29, 1.82) is 0 Å². The summed E-state index contributed by atoms with van der Waals surface area (Å²) >= 11 is 3.52. The molecule has 4 rings (SSSR count). The lowest BCUT2D eigenvalue weighted by Crippen LogP contribution is -2.11. The minimum Gasteiger partial charge on any atom is -0.460 e. The Morgan fingerprint density at radius 1 is 0.962 bits per heavy atom. The van der Waals surface area contributed by atoms with E-state index in [2.05, 4.69) is 40.3 Å². The molecule has 0 atom stereocenters. The van der Waals surface area contributed by atoms with Gasteiger partial charge in [0.1, 0.15) is 11.5 Å². The minimum atomic E-state index is 0. The molecule has 0 radical (unpaired) electrons. The number of ether oxygens (including phenoxy) is 2. The molecule has 0 amide bonds. The van der Waals surface area contributed by atoms with E-state index in [0.29, 0.717) is 13.3 Å². The summed E-state index contributed by atoms with van der Waals surface area (Å²) in [5.74, 6) is 3.42. The summed E-state index contributed by atoms with van der Waals surface area (Å²) in [5, 5.41) is 3.40. The Hall–Kier alpha value is -1.95. The van der Waals surface area contributed by atoms with E-state index < -0.39 is 0 Å². The lowest BCUT2D eigenvalue weighted by atomic mass is 10.1. The van der Waals surface area contributed by atoms with Crippen LogP contribution in [0.4, 0.5) is 0 Å². The van der Waals surface area contributed by atoms with E-state index in [1.807, 2.05) is 36.4 Å². The number of furan rings is 1. The molecule has 1 aliphatic rings. The Morgan fingerprint density at radius 3 is 2.65 bits per heavy atom. The van der Waals surface area contributed by atoms with E-state index in [1.165, 1.54) is 5.56 Å². The molecule has 4 nitrogen and oxygen atoms in total. The van der Waals surface area contributed by atoms with Crippen LogP contribution in [0, 0.1) is 6.92 Å². The highest BCUT2D eigenvalue weighted by molar-refractivity contribution is 9.10. The molecule has 3 aromatic rings. The Balaban J connectivity index is 0.00000196. The zero-order valence-electron chi connectivity index (χ0n) is 14.3. The zero-order chi connectivity index (χ0) is 17.2. The zero-order valence-corrected chi connectivity index (χ0v) is 16.7. The van der Waals surface area contributed by atoms with Crippen molar-refractivity contribution in [3.05, 3.63) is 69.9 Å². The van der Waals surface area contributed by atoms with Crippen molar-refractivity contribution >= 4 is 28.3 Å². The summed E-state index contributed by atoms with van der Waals surface area (Å²) in [5.41, 5.74) is 3.43. The fourth-order valence-electron chi connectivity index (χ4n) is 2.81. The minimum absolute atomic E-state index is 0. The predicted octanol–water partition coefficient (Wildman–Crippen LogP) is 5.46. The highest BCUT2D eigenvalue weighted by Gasteiger charge is 2.13. The number of fused-ring (bicyclic) bond motifs is 1. The van der Waals surface area contributed by atoms with Crippen LogP contribution in [0.25, 0.3) is 11.3 Å². The van der Waals surface area contributed by atoms with Crippen LogP contribution in [-0.4, -0.2) is 6.79 Å². The first-order valence-corrected chi connectivity index (χ1v) is 8.93. The van der Waals surface area contributed by atoms with Gasteiger partial charge in [-0.1, -0.05) is 28.1 Å². The fourth-order valence-corrected chi connectivity index (χ4v) is 3.05. The molecule has 2 aromatic carbocycles. The van der Waals surface area contributed by atoms with Crippen molar-refractivity contribution in [2.75, 3.05) is 6.79 Å². The first-order valence-electron chi connectivity index (χ1n) is 8.13. The molecule has 1 aromatic heterocycles. The summed E-state index contributed by atoms with van der Waals surface area (Å²) in [6.07, 6.45) is 0. The lowest BCUT2D eigenvalue weighted by molar-refractivity contribution is 0.174. The van der Waals surface area contributed by atoms with E-state index in [1.54, 1.807) is 0 Å². The maximum atomic E-state index is 5.95. The number of nitrogens with one attached hydrogen (secondary N) is 1. The van der Waals surface area contributed by atoms with Gasteiger partial charge in [0.2, 0.25) is 6.79 Å². The van der Waals surface area contributed by atoms with Gasteiger partial charge in [0.15, 0.2) is 11.5 Å². The van der Waals surface area contributed by atoms with Gasteiger partial charge in [-0.25, -0.2) is 0 Å². The SMILES string of the molecule is Cc1cc(-c2ccc(CNCc3ccc4c(c3)OCO4)o2)ccc1Br.Cl. The van der Waals surface area contributed by atoms with Gasteiger partial charge in [-0.05, 0) is 54.4 Å². The monoisotopic (exact) mass is 435 g/mol. The Morgan fingerprint density at radius 2 is 1.81 bits per heavy atom. The van der Waals surface area contributed by atoms with Crippen molar-refractivity contribution in [3.63, 3.8) is 0 Å². The van der Waals surface area contributed by atoms with Crippen LogP contribution >= 0.6 is 28.3 Å². The summed E-state index contributed by atoms with van der Waals surface area (Å²) in [6, 6.07) is 16.2. The van der Waals surface area contributed by atoms with Gasteiger partial charge < -0.3 is 19.2 Å². The van der Waals surface area contributed by atoms with Gasteiger partial charge in [-0.3, -0.25) is 0 Å². The second kappa shape index (κ2) is 8.16. The molecule has 136 valence electrons. The van der Waals surface area contributed by atoms with Crippen LogP contribution in [0.2, 0.25) is 0 Å². The average Bonchev–Trinajstić information content (AvgIpc) is 3.26. The number of benzene rings is 2. The highest BCUT2D eigenvalue weighted by Crippen LogP contribution is 2.32. The van der Waals surface area contributed by atoms with Crippen molar-refractivity contribution in [1.82, 2.24) is 5.32 Å². The van der Waals surface area contributed by atoms with E-state index in [4.69, 9.17) is 13.9 Å². The lowest BCUT2D eigenvalue weighted by Gasteiger charge is -2.05. The van der Waals surface area contributed by atoms with Gasteiger partial charge in [-0.2, -0.15) is 0 Å². The standard InChI is InChI=1S/C20H18BrNO3.ClH/c1-13-8-15(3-5-17(13)21)18-7-4-16(25-18)11-22-10-14-2-6-19-20(9-14)24-12-23-19;/h2-9,22H,10-12H2,1H3;1H. The van der Waals surface area contributed by atoms with Crippen LogP contribution in [0.1, 0.15) is 16.9 Å². The van der Waals surface area contributed by atoms with Gasteiger partial charge in [0.05, 0.1) is 6.54 Å². The van der Waals surface area contributed by atoms with Crippen molar-refractivity contribution in [3.8, 4) is 22.8 Å². The van der Waals surface area contributed by atoms with Gasteiger partial charge in [0.25, 0.3) is 0 Å². The average molecular weight is 437 g/mol. The maximum absolute atomic E-state index is 5.95. The molecule has 0 fully saturated rings. The Bertz CT molecular complexity index is 910. The first kappa shape index (κ1) is 18.8. The Labute approximate surface area is 167 Å². The molecule has 0 bridgehead atoms. The second-order valence-corrected chi connectivity index (χ2v) is 6.88. The van der Waals surface area contributed by atoms with E-state index >= 15 is 0 Å². The van der Waals surface area contributed by atoms with Gasteiger partial charge >= 0.3 is 0 Å². The smallest absolute Gasteiger partial charge is 0.231 e. The topological polar surface area (TPSA) is 43.6 Å². The van der Waals surface area contributed by atoms with Crippen LogP contribution in [0.15, 0.2) is 57.4 Å². The fraction of sp³-hybridized carbons (Fsp3) is 0.200. The normalized spacial score (nSPS) is 12.1. The molecule has 0 aliphatic carbocycles. The third-order valence-electron chi connectivity index (χ3n) is 4.17. The number of halogens is 2. The van der Waals surface area contributed by atoms with Gasteiger partial charge in [0, 0.05) is 16.6 Å². The summed E-state index contributed by atoms with van der Waals surface area (Å²) in [4.78, 5) is 0. The van der Waals surface area contributed by atoms with Crippen LogP contribution in [-0.2, 0) is 13.1 Å². The molecule has 0 unspecified atom stereocenters. The molecular formula is C20H19BrClNO3. The second-order valence-electron chi connectivity index (χ2n) is 6.02. The molecular weight excluding hydrogens is 418 g/mol. The number of hydrogen-bond acceptors (Lipinski definition) is 4. The van der Waals surface area contributed by atoms with Gasteiger partial charge in [-0.15, -0.1) is 12.4 Å². The maximum Gasteiger partial charge on any atom is 0.231 e. The van der Waals surface area contributed by atoms with E-state index in [0.717, 1.165) is 45.2 Å². The molecule has 26 heavy (non-hydrogen) atoms. The molecule has 2 heterocycles. The molecule has 0 saturated heterocycles. The largest absolute Gasteiger partial charge is 0.460 e. The third kappa shape index (κ3) is 4.06. The summed E-state index contributed by atoms with van der Waals surface area (Å²) in [6.45, 7) is 3.79. The van der Waals surface area contributed by atoms with Crippen LogP contribution in [0.5, 0.6) is 11.5 Å². The quantitative estimate of drug-likeness (QED) is 0.577. The molecule has 1 N–H and O–H groups in total. The van der Waals surface area contributed by atoms with Crippen molar-refractivity contribution < 1.29 is 13.9 Å². The van der Waals surface area contributed by atoms with Crippen molar-refractivity contribution in [2.45, 2.75) is 20.0 Å². The first-order chi connectivity index (χ1) is 12.2. The molecule has 1 aliphatic heterocycles. The van der Waals surface area contributed by atoms with Crippen LogP contribution in [0.3, 0.4) is 0 Å². The Kier molecular flexibility index (Phi) is 5.91. The highest BCUT2D eigenvalue weighted by atomic mass is 79.9. The van der Waals surface area contributed by atoms with E-state index in [9.17, 15) is 0 Å². The predicted molar refractivity (Wildman–Crippen MR) is 107 cm³/mol. The molecule has 0 saturated carbocycles. The summed E-state index contributed by atoms with van der Waals surface area (Å²) < 4.78 is 17.8. The molecule has 0 spiro atoms.